The average Bonchev–Trinajstić information content (AvgIpc) is 2.45. The van der Waals surface area contributed by atoms with Gasteiger partial charge in [-0.15, -0.1) is 0 Å². The monoisotopic (exact) mass is 310 g/mol. The molecule has 0 aliphatic rings. The molecule has 23 heavy (non-hydrogen) atoms. The number of carboxylic acids is 1. The van der Waals surface area contributed by atoms with Crippen molar-refractivity contribution in [2.75, 3.05) is 0 Å². The molecule has 0 amide bonds. The van der Waals surface area contributed by atoms with Crippen molar-refractivity contribution in [3.05, 3.63) is 58.1 Å². The molecule has 1 N–H and O–H groups in total. The zero-order valence-electron chi connectivity index (χ0n) is 14.7. The van der Waals surface area contributed by atoms with Gasteiger partial charge in [0.25, 0.3) is 0 Å². The third-order valence-corrected chi connectivity index (χ3v) is 4.17. The molecule has 122 valence electrons. The summed E-state index contributed by atoms with van der Waals surface area (Å²) in [5.74, 6) is -0.573. The van der Waals surface area contributed by atoms with E-state index in [-0.39, 0.29) is 5.92 Å². The molecule has 0 saturated carbocycles. The van der Waals surface area contributed by atoms with Gasteiger partial charge in [0, 0.05) is 0 Å². The first kappa shape index (κ1) is 17.3. The number of aryl methyl sites for hydroxylation is 3. The van der Waals surface area contributed by atoms with E-state index >= 15 is 0 Å². The molecule has 0 fully saturated rings. The van der Waals surface area contributed by atoms with Crippen LogP contribution < -0.4 is 0 Å². The normalized spacial score (nSPS) is 11.0. The quantitative estimate of drug-likeness (QED) is 0.764. The van der Waals surface area contributed by atoms with Crippen LogP contribution >= 0.6 is 0 Å². The lowest BCUT2D eigenvalue weighted by molar-refractivity contribution is 0.0697. The maximum Gasteiger partial charge on any atom is 0.336 e. The van der Waals surface area contributed by atoms with Crippen molar-refractivity contribution in [2.24, 2.45) is 0 Å². The van der Waals surface area contributed by atoms with Crippen molar-refractivity contribution in [1.29, 1.82) is 0 Å². The van der Waals surface area contributed by atoms with E-state index in [1.54, 1.807) is 6.07 Å². The predicted molar refractivity (Wildman–Crippen MR) is 96.4 cm³/mol. The number of aromatic carboxylic acids is 1. The van der Waals surface area contributed by atoms with E-state index in [4.69, 9.17) is 0 Å². The zero-order valence-corrected chi connectivity index (χ0v) is 14.7. The largest absolute Gasteiger partial charge is 0.478 e. The van der Waals surface area contributed by atoms with Crippen LogP contribution in [0.4, 0.5) is 0 Å². The fourth-order valence-corrected chi connectivity index (χ4v) is 3.42. The Labute approximate surface area is 139 Å². The molecule has 0 spiro atoms. The van der Waals surface area contributed by atoms with E-state index < -0.39 is 5.97 Å². The number of carbonyl (C=O) groups is 1. The van der Waals surface area contributed by atoms with Crippen LogP contribution in [0, 0.1) is 13.8 Å². The van der Waals surface area contributed by atoms with Gasteiger partial charge in [0.2, 0.25) is 0 Å². The van der Waals surface area contributed by atoms with Crippen molar-refractivity contribution < 1.29 is 9.90 Å². The van der Waals surface area contributed by atoms with Crippen molar-refractivity contribution in [3.8, 4) is 11.1 Å². The minimum atomic E-state index is -0.857. The molecule has 0 aliphatic heterocycles. The summed E-state index contributed by atoms with van der Waals surface area (Å²) in [5.41, 5.74) is 7.07. The number of carboxylic acid groups (broad SMARTS) is 1. The highest BCUT2D eigenvalue weighted by molar-refractivity contribution is 5.97. The maximum absolute atomic E-state index is 11.8. The first-order valence-corrected chi connectivity index (χ1v) is 8.32. The summed E-state index contributed by atoms with van der Waals surface area (Å²) in [7, 11) is 0. The highest BCUT2D eigenvalue weighted by Crippen LogP contribution is 2.36. The van der Waals surface area contributed by atoms with Gasteiger partial charge in [-0.1, -0.05) is 62.6 Å². The fourth-order valence-electron chi connectivity index (χ4n) is 3.42. The van der Waals surface area contributed by atoms with E-state index in [9.17, 15) is 9.90 Å². The van der Waals surface area contributed by atoms with Gasteiger partial charge in [-0.05, 0) is 54.5 Å². The molecule has 0 bridgehead atoms. The molecule has 0 atom stereocenters. The molecule has 0 unspecified atom stereocenters. The second-order valence-corrected chi connectivity index (χ2v) is 6.65. The molecule has 2 aromatic rings. The van der Waals surface area contributed by atoms with Gasteiger partial charge in [0.05, 0.1) is 5.56 Å². The maximum atomic E-state index is 11.8. The number of hydrogen-bond acceptors (Lipinski definition) is 1. The zero-order chi connectivity index (χ0) is 17.1. The number of hydrogen-bond donors (Lipinski definition) is 1. The SMILES string of the molecule is CCCc1ccc(C(=O)O)c(-c2cc(C)cc(C)c2)c1C(C)C. The molecular formula is C21H26O2. The molecule has 2 heteroatoms. The smallest absolute Gasteiger partial charge is 0.336 e. The Bertz CT molecular complexity index is 707. The first-order chi connectivity index (χ1) is 10.8. The summed E-state index contributed by atoms with van der Waals surface area (Å²) < 4.78 is 0. The molecule has 0 heterocycles. The van der Waals surface area contributed by atoms with Gasteiger partial charge in [0.15, 0.2) is 0 Å². The highest BCUT2D eigenvalue weighted by Gasteiger charge is 2.21. The van der Waals surface area contributed by atoms with Crippen LogP contribution in [-0.4, -0.2) is 11.1 Å². The summed E-state index contributed by atoms with van der Waals surface area (Å²) in [6.45, 7) is 10.6. The minimum Gasteiger partial charge on any atom is -0.478 e. The van der Waals surface area contributed by atoms with Crippen LogP contribution in [0.15, 0.2) is 30.3 Å². The Morgan fingerprint density at radius 3 is 2.17 bits per heavy atom. The van der Waals surface area contributed by atoms with Crippen LogP contribution in [0.2, 0.25) is 0 Å². The highest BCUT2D eigenvalue weighted by atomic mass is 16.4. The summed E-state index contributed by atoms with van der Waals surface area (Å²) in [4.78, 5) is 11.8. The van der Waals surface area contributed by atoms with Crippen molar-refractivity contribution >= 4 is 5.97 Å². The summed E-state index contributed by atoms with van der Waals surface area (Å²) >= 11 is 0. The lowest BCUT2D eigenvalue weighted by Crippen LogP contribution is -2.08. The number of rotatable bonds is 5. The Morgan fingerprint density at radius 2 is 1.70 bits per heavy atom. The molecule has 2 nitrogen and oxygen atoms in total. The van der Waals surface area contributed by atoms with E-state index in [2.05, 4.69) is 52.8 Å². The van der Waals surface area contributed by atoms with Gasteiger partial charge < -0.3 is 5.11 Å². The van der Waals surface area contributed by atoms with Gasteiger partial charge in [-0.3, -0.25) is 0 Å². The average molecular weight is 310 g/mol. The van der Waals surface area contributed by atoms with E-state index in [1.807, 2.05) is 6.07 Å². The molecule has 0 radical (unpaired) electrons. The van der Waals surface area contributed by atoms with Gasteiger partial charge in [0.1, 0.15) is 0 Å². The second kappa shape index (κ2) is 6.99. The molecule has 0 aliphatic carbocycles. The molecule has 2 aromatic carbocycles. The first-order valence-electron chi connectivity index (χ1n) is 8.32. The van der Waals surface area contributed by atoms with Crippen LogP contribution in [0.5, 0.6) is 0 Å². The number of benzene rings is 2. The predicted octanol–water partition coefficient (Wildman–Crippen LogP) is 5.74. The fraction of sp³-hybridized carbons (Fsp3) is 0.381. The minimum absolute atomic E-state index is 0.284. The van der Waals surface area contributed by atoms with E-state index in [0.717, 1.165) is 35.1 Å². The van der Waals surface area contributed by atoms with Crippen LogP contribution in [0.1, 0.15) is 65.7 Å². The summed E-state index contributed by atoms with van der Waals surface area (Å²) in [6, 6.07) is 10.1. The van der Waals surface area contributed by atoms with E-state index in [0.29, 0.717) is 5.56 Å². The van der Waals surface area contributed by atoms with Gasteiger partial charge in [-0.2, -0.15) is 0 Å². The molecular weight excluding hydrogens is 284 g/mol. The molecule has 0 saturated heterocycles. The topological polar surface area (TPSA) is 37.3 Å². The van der Waals surface area contributed by atoms with Crippen LogP contribution in [0.25, 0.3) is 11.1 Å². The Morgan fingerprint density at radius 1 is 1.09 bits per heavy atom. The van der Waals surface area contributed by atoms with Crippen molar-refractivity contribution in [2.45, 2.75) is 53.4 Å². The summed E-state index contributed by atoms with van der Waals surface area (Å²) in [5, 5.41) is 9.69. The Hall–Kier alpha value is -2.09. The second-order valence-electron chi connectivity index (χ2n) is 6.65. The van der Waals surface area contributed by atoms with Gasteiger partial charge >= 0.3 is 5.97 Å². The molecule has 2 rings (SSSR count). The Balaban J connectivity index is 2.85. The van der Waals surface area contributed by atoms with Gasteiger partial charge in [-0.25, -0.2) is 4.79 Å². The van der Waals surface area contributed by atoms with Crippen molar-refractivity contribution in [1.82, 2.24) is 0 Å². The lowest BCUT2D eigenvalue weighted by Gasteiger charge is -2.21. The van der Waals surface area contributed by atoms with E-state index in [1.165, 1.54) is 11.1 Å². The molecule has 0 aromatic heterocycles. The standard InChI is InChI=1S/C21H26O2/c1-6-7-16-8-9-18(21(22)23)20(19(16)13(2)3)17-11-14(4)10-15(5)12-17/h8-13H,6-7H2,1-5H3,(H,22,23). The lowest BCUT2D eigenvalue weighted by atomic mass is 9.83. The van der Waals surface area contributed by atoms with Crippen LogP contribution in [-0.2, 0) is 6.42 Å². The van der Waals surface area contributed by atoms with Crippen LogP contribution in [0.3, 0.4) is 0 Å². The third-order valence-electron chi connectivity index (χ3n) is 4.17. The summed E-state index contributed by atoms with van der Waals surface area (Å²) in [6.07, 6.45) is 2.03. The third kappa shape index (κ3) is 3.64. The Kier molecular flexibility index (Phi) is 5.25. The van der Waals surface area contributed by atoms with Crippen molar-refractivity contribution in [3.63, 3.8) is 0 Å².